The molecule has 2 aliphatic heterocycles. The van der Waals surface area contributed by atoms with Gasteiger partial charge in [-0.3, -0.25) is 9.80 Å². The molecule has 0 radical (unpaired) electrons. The Hall–Kier alpha value is -1.57. The van der Waals surface area contributed by atoms with E-state index in [-0.39, 0.29) is 12.1 Å². The largest absolute Gasteiger partial charge is 0.496 e. The third-order valence-electron chi connectivity index (χ3n) is 4.89. The zero-order valence-electron chi connectivity index (χ0n) is 12.6. The number of ether oxygens (including phenoxy) is 1. The SMILES string of the molecule is COc1cc2c(cc1C)C[C@H]1[C@H](C#N)N(C)C[C@@H]2N1C. The predicted molar refractivity (Wildman–Crippen MR) is 77.8 cm³/mol. The number of nitrogens with zero attached hydrogens (tertiary/aromatic N) is 3. The standard InChI is InChI=1S/C16H21N3O/c1-10-5-11-6-13-14(8-17)18(2)9-15(19(13)3)12(11)7-16(10)20-4/h5,7,13-15H,6,9H2,1-4H3/t13-,14-,15-/m0/s1. The van der Waals surface area contributed by atoms with Crippen LogP contribution in [0.15, 0.2) is 12.1 Å². The molecule has 0 N–H and O–H groups in total. The number of aryl methyl sites for hydroxylation is 1. The van der Waals surface area contributed by atoms with Crippen molar-refractivity contribution in [1.29, 1.82) is 5.26 Å². The van der Waals surface area contributed by atoms with Gasteiger partial charge < -0.3 is 4.74 Å². The predicted octanol–water partition coefficient (Wildman–Crippen LogP) is 1.74. The van der Waals surface area contributed by atoms with Gasteiger partial charge in [-0.05, 0) is 50.2 Å². The first-order valence-corrected chi connectivity index (χ1v) is 7.06. The van der Waals surface area contributed by atoms with Crippen LogP contribution in [0, 0.1) is 18.3 Å². The zero-order chi connectivity index (χ0) is 14.4. The van der Waals surface area contributed by atoms with Crippen LogP contribution in [-0.4, -0.2) is 49.6 Å². The summed E-state index contributed by atoms with van der Waals surface area (Å²) in [6.45, 7) is 2.98. The van der Waals surface area contributed by atoms with E-state index in [0.29, 0.717) is 6.04 Å². The van der Waals surface area contributed by atoms with E-state index in [1.165, 1.54) is 16.7 Å². The fourth-order valence-electron chi connectivity index (χ4n) is 3.72. The van der Waals surface area contributed by atoms with E-state index < -0.39 is 0 Å². The lowest BCUT2D eigenvalue weighted by molar-refractivity contribution is 0.0188. The minimum Gasteiger partial charge on any atom is -0.496 e. The van der Waals surface area contributed by atoms with Gasteiger partial charge in [0.1, 0.15) is 11.8 Å². The van der Waals surface area contributed by atoms with Crippen LogP contribution in [-0.2, 0) is 6.42 Å². The maximum Gasteiger partial charge on any atom is 0.122 e. The molecule has 1 saturated heterocycles. The molecule has 0 spiro atoms. The summed E-state index contributed by atoms with van der Waals surface area (Å²) in [5, 5.41) is 9.44. The summed E-state index contributed by atoms with van der Waals surface area (Å²) in [6, 6.07) is 7.50. The minimum atomic E-state index is -0.0215. The van der Waals surface area contributed by atoms with Crippen molar-refractivity contribution in [1.82, 2.24) is 9.80 Å². The van der Waals surface area contributed by atoms with E-state index in [4.69, 9.17) is 4.74 Å². The van der Waals surface area contributed by atoms with Crippen LogP contribution in [0.2, 0.25) is 0 Å². The maximum atomic E-state index is 9.44. The Balaban J connectivity index is 2.09. The highest BCUT2D eigenvalue weighted by atomic mass is 16.5. The molecule has 1 aromatic carbocycles. The van der Waals surface area contributed by atoms with Crippen molar-refractivity contribution in [3.63, 3.8) is 0 Å². The fourth-order valence-corrected chi connectivity index (χ4v) is 3.72. The Kier molecular flexibility index (Phi) is 3.19. The molecule has 0 aliphatic carbocycles. The van der Waals surface area contributed by atoms with E-state index in [2.05, 4.69) is 49.0 Å². The second-order valence-electron chi connectivity index (χ2n) is 5.99. The van der Waals surface area contributed by atoms with Gasteiger partial charge in [-0.2, -0.15) is 5.26 Å². The van der Waals surface area contributed by atoms with Crippen molar-refractivity contribution in [3.8, 4) is 11.8 Å². The number of fused-ring (bicyclic) bond motifs is 4. The highest BCUT2D eigenvalue weighted by Crippen LogP contribution is 2.40. The first-order valence-electron chi connectivity index (χ1n) is 7.06. The lowest BCUT2D eigenvalue weighted by atomic mass is 9.81. The van der Waals surface area contributed by atoms with Gasteiger partial charge in [0.25, 0.3) is 0 Å². The van der Waals surface area contributed by atoms with Crippen molar-refractivity contribution in [2.75, 3.05) is 27.7 Å². The number of methoxy groups -OCH3 is 1. The Bertz CT molecular complexity index is 578. The van der Waals surface area contributed by atoms with E-state index in [9.17, 15) is 5.26 Å². The summed E-state index contributed by atoms with van der Waals surface area (Å²) in [6.07, 6.45) is 0.940. The summed E-state index contributed by atoms with van der Waals surface area (Å²) in [5.41, 5.74) is 3.91. The normalized spacial score (nSPS) is 29.6. The number of hydrogen-bond acceptors (Lipinski definition) is 4. The van der Waals surface area contributed by atoms with Gasteiger partial charge in [0.2, 0.25) is 0 Å². The first-order chi connectivity index (χ1) is 9.56. The van der Waals surface area contributed by atoms with Crippen molar-refractivity contribution in [2.24, 2.45) is 0 Å². The topological polar surface area (TPSA) is 39.5 Å². The number of likely N-dealkylation sites (N-methyl/N-ethyl adjacent to an activating group) is 2. The molecule has 106 valence electrons. The van der Waals surface area contributed by atoms with Crippen LogP contribution in [0.25, 0.3) is 0 Å². The highest BCUT2D eigenvalue weighted by Gasteiger charge is 2.43. The van der Waals surface area contributed by atoms with Crippen LogP contribution < -0.4 is 4.74 Å². The Morgan fingerprint density at radius 3 is 2.75 bits per heavy atom. The monoisotopic (exact) mass is 271 g/mol. The third-order valence-corrected chi connectivity index (χ3v) is 4.89. The molecule has 20 heavy (non-hydrogen) atoms. The van der Waals surface area contributed by atoms with Gasteiger partial charge in [0.05, 0.1) is 13.2 Å². The molecule has 3 rings (SSSR count). The lowest BCUT2D eigenvalue weighted by Crippen LogP contribution is -2.60. The Labute approximate surface area is 120 Å². The van der Waals surface area contributed by atoms with Crippen LogP contribution in [0.5, 0.6) is 5.75 Å². The number of nitriles is 1. The molecule has 2 bridgehead atoms. The molecular formula is C16H21N3O. The smallest absolute Gasteiger partial charge is 0.122 e. The van der Waals surface area contributed by atoms with Gasteiger partial charge in [-0.1, -0.05) is 6.07 Å². The van der Waals surface area contributed by atoms with Gasteiger partial charge in [-0.15, -0.1) is 0 Å². The summed E-state index contributed by atoms with van der Waals surface area (Å²) in [4.78, 5) is 4.55. The molecule has 1 fully saturated rings. The van der Waals surface area contributed by atoms with E-state index in [0.717, 1.165) is 18.7 Å². The van der Waals surface area contributed by atoms with Gasteiger partial charge >= 0.3 is 0 Å². The zero-order valence-corrected chi connectivity index (χ0v) is 12.6. The molecule has 0 amide bonds. The molecule has 0 unspecified atom stereocenters. The second kappa shape index (κ2) is 4.76. The third kappa shape index (κ3) is 1.81. The van der Waals surface area contributed by atoms with Crippen LogP contribution in [0.1, 0.15) is 22.7 Å². The minimum absolute atomic E-state index is 0.0215. The van der Waals surface area contributed by atoms with Crippen molar-refractivity contribution in [3.05, 3.63) is 28.8 Å². The summed E-state index contributed by atoms with van der Waals surface area (Å²) < 4.78 is 5.47. The lowest BCUT2D eigenvalue weighted by Gasteiger charge is -2.50. The molecule has 1 aromatic rings. The quantitative estimate of drug-likeness (QED) is 0.780. The Morgan fingerprint density at radius 1 is 1.35 bits per heavy atom. The van der Waals surface area contributed by atoms with Crippen LogP contribution in [0.4, 0.5) is 0 Å². The van der Waals surface area contributed by atoms with Gasteiger partial charge in [0, 0.05) is 18.6 Å². The number of hydrogen-bond donors (Lipinski definition) is 0. The highest BCUT2D eigenvalue weighted by molar-refractivity contribution is 5.46. The number of piperazine rings is 1. The molecule has 4 heteroatoms. The van der Waals surface area contributed by atoms with Crippen molar-refractivity contribution < 1.29 is 4.74 Å². The van der Waals surface area contributed by atoms with E-state index in [1.807, 2.05) is 0 Å². The van der Waals surface area contributed by atoms with Crippen LogP contribution in [0.3, 0.4) is 0 Å². The first kappa shape index (κ1) is 13.4. The molecule has 0 aromatic heterocycles. The summed E-state index contributed by atoms with van der Waals surface area (Å²) in [7, 11) is 5.92. The van der Waals surface area contributed by atoms with E-state index in [1.54, 1.807) is 7.11 Å². The van der Waals surface area contributed by atoms with Crippen molar-refractivity contribution in [2.45, 2.75) is 31.5 Å². The maximum absolute atomic E-state index is 9.44. The second-order valence-corrected chi connectivity index (χ2v) is 5.99. The molecule has 0 saturated carbocycles. The summed E-state index contributed by atoms with van der Waals surface area (Å²) in [5.74, 6) is 0.959. The molecule has 2 heterocycles. The molecule has 2 aliphatic rings. The molecule has 3 atom stereocenters. The van der Waals surface area contributed by atoms with Gasteiger partial charge in [-0.25, -0.2) is 0 Å². The van der Waals surface area contributed by atoms with Crippen molar-refractivity contribution >= 4 is 0 Å². The average molecular weight is 271 g/mol. The number of benzene rings is 1. The Morgan fingerprint density at radius 2 is 2.10 bits per heavy atom. The van der Waals surface area contributed by atoms with Gasteiger partial charge in [0.15, 0.2) is 0 Å². The number of rotatable bonds is 1. The molecular weight excluding hydrogens is 250 g/mol. The fraction of sp³-hybridized carbons (Fsp3) is 0.562. The van der Waals surface area contributed by atoms with Crippen LogP contribution >= 0.6 is 0 Å². The summed E-state index contributed by atoms with van der Waals surface area (Å²) >= 11 is 0. The van der Waals surface area contributed by atoms with E-state index >= 15 is 0 Å². The average Bonchev–Trinajstić information content (AvgIpc) is 2.41. The molecule has 4 nitrogen and oxygen atoms in total.